The lowest BCUT2D eigenvalue weighted by Crippen LogP contribution is -2.40. The summed E-state index contributed by atoms with van der Waals surface area (Å²) < 4.78 is 19.0. The molecule has 0 aliphatic heterocycles. The van der Waals surface area contributed by atoms with Gasteiger partial charge in [-0.3, -0.25) is 0 Å². The van der Waals surface area contributed by atoms with Crippen LogP contribution in [0.25, 0.3) is 0 Å². The number of alkyl halides is 1. The second kappa shape index (κ2) is 4.28. The average molecular weight is 202 g/mol. The number of carbonyl (C=O) groups excluding carboxylic acids is 1. The van der Waals surface area contributed by atoms with E-state index in [9.17, 15) is 9.18 Å². The number of halogens is 1. The van der Waals surface area contributed by atoms with Gasteiger partial charge in [0.05, 0.1) is 6.10 Å². The molecule has 82 valence electrons. The van der Waals surface area contributed by atoms with Gasteiger partial charge in [0, 0.05) is 5.92 Å². The van der Waals surface area contributed by atoms with Crippen molar-refractivity contribution < 1.29 is 13.9 Å². The highest BCUT2D eigenvalue weighted by atomic mass is 19.1. The van der Waals surface area contributed by atoms with Crippen molar-refractivity contribution in [2.45, 2.75) is 58.2 Å². The molecule has 3 heteroatoms. The van der Waals surface area contributed by atoms with E-state index in [-0.39, 0.29) is 12.0 Å². The summed E-state index contributed by atoms with van der Waals surface area (Å²) in [5.74, 6) is -0.840. The molecule has 1 rings (SSSR count). The van der Waals surface area contributed by atoms with E-state index < -0.39 is 11.6 Å². The molecule has 0 spiro atoms. The Morgan fingerprint density at radius 1 is 1.43 bits per heavy atom. The van der Waals surface area contributed by atoms with E-state index in [1.54, 1.807) is 13.8 Å². The molecule has 1 aliphatic carbocycles. The molecule has 0 aromatic rings. The lowest BCUT2D eigenvalue weighted by atomic mass is 9.89. The normalized spacial score (nSPS) is 22.4. The minimum Gasteiger partial charge on any atom is -0.461 e. The Morgan fingerprint density at radius 3 is 2.36 bits per heavy atom. The summed E-state index contributed by atoms with van der Waals surface area (Å²) >= 11 is 0. The van der Waals surface area contributed by atoms with E-state index in [0.717, 1.165) is 25.7 Å². The first-order chi connectivity index (χ1) is 6.44. The fraction of sp³-hybridized carbons (Fsp3) is 0.909. The number of esters is 1. The highest BCUT2D eigenvalue weighted by molar-refractivity contribution is 5.79. The summed E-state index contributed by atoms with van der Waals surface area (Å²) in [7, 11) is 0. The van der Waals surface area contributed by atoms with Crippen LogP contribution < -0.4 is 0 Å². The average Bonchev–Trinajstić information content (AvgIpc) is 2.54. The lowest BCUT2D eigenvalue weighted by molar-refractivity contribution is -0.164. The second-order valence-corrected chi connectivity index (χ2v) is 4.51. The van der Waals surface area contributed by atoms with Crippen molar-refractivity contribution in [1.29, 1.82) is 0 Å². The Balaban J connectivity index is 2.58. The highest BCUT2D eigenvalue weighted by Gasteiger charge is 2.44. The van der Waals surface area contributed by atoms with E-state index in [1.165, 1.54) is 6.92 Å². The zero-order chi connectivity index (χ0) is 10.8. The third-order valence-corrected chi connectivity index (χ3v) is 2.86. The first-order valence-electron chi connectivity index (χ1n) is 5.34. The molecule has 14 heavy (non-hydrogen) atoms. The van der Waals surface area contributed by atoms with Crippen LogP contribution in [-0.4, -0.2) is 17.7 Å². The molecule has 0 heterocycles. The van der Waals surface area contributed by atoms with Crippen molar-refractivity contribution in [2.75, 3.05) is 0 Å². The molecule has 1 unspecified atom stereocenters. The lowest BCUT2D eigenvalue weighted by Gasteiger charge is -2.25. The summed E-state index contributed by atoms with van der Waals surface area (Å²) in [6, 6.07) is 0. The predicted octanol–water partition coefficient (Wildman–Crippen LogP) is 2.86. The van der Waals surface area contributed by atoms with Crippen LogP contribution in [-0.2, 0) is 9.53 Å². The monoisotopic (exact) mass is 202 g/mol. The molecule has 0 saturated heterocycles. The van der Waals surface area contributed by atoms with Gasteiger partial charge in [-0.05, 0) is 33.6 Å². The molecule has 1 atom stereocenters. The number of carbonyl (C=O) groups is 1. The van der Waals surface area contributed by atoms with Gasteiger partial charge >= 0.3 is 5.97 Å². The van der Waals surface area contributed by atoms with Gasteiger partial charge in [0.15, 0.2) is 0 Å². The Kier molecular flexibility index (Phi) is 3.51. The summed E-state index contributed by atoms with van der Waals surface area (Å²) in [6.45, 7) is 4.83. The van der Waals surface area contributed by atoms with E-state index in [2.05, 4.69) is 0 Å². The minimum atomic E-state index is -1.79. The van der Waals surface area contributed by atoms with Crippen LogP contribution in [0, 0.1) is 5.92 Å². The minimum absolute atomic E-state index is 0.145. The summed E-state index contributed by atoms with van der Waals surface area (Å²) in [5, 5.41) is 0. The first-order valence-corrected chi connectivity index (χ1v) is 5.34. The fourth-order valence-electron chi connectivity index (χ4n) is 1.96. The number of ether oxygens (including phenoxy) is 1. The maximum atomic E-state index is 14.1. The van der Waals surface area contributed by atoms with Gasteiger partial charge in [-0.2, -0.15) is 0 Å². The quantitative estimate of drug-likeness (QED) is 0.658. The van der Waals surface area contributed by atoms with Gasteiger partial charge in [0.1, 0.15) is 0 Å². The van der Waals surface area contributed by atoms with Crippen LogP contribution >= 0.6 is 0 Å². The molecule has 0 radical (unpaired) electrons. The van der Waals surface area contributed by atoms with Gasteiger partial charge in [0.2, 0.25) is 5.67 Å². The molecule has 0 bridgehead atoms. The largest absolute Gasteiger partial charge is 0.461 e. The van der Waals surface area contributed by atoms with Crippen molar-refractivity contribution in [3.63, 3.8) is 0 Å². The van der Waals surface area contributed by atoms with Crippen molar-refractivity contribution in [3.05, 3.63) is 0 Å². The molecule has 1 aliphatic rings. The summed E-state index contributed by atoms with van der Waals surface area (Å²) in [5.41, 5.74) is -1.79. The van der Waals surface area contributed by atoms with Crippen LogP contribution in [0.5, 0.6) is 0 Å². The zero-order valence-corrected chi connectivity index (χ0v) is 9.18. The SMILES string of the molecule is CC(C)OC(=O)C(C)(F)C1CCCC1. The molecule has 0 aromatic heterocycles. The third kappa shape index (κ3) is 2.46. The van der Waals surface area contributed by atoms with Gasteiger partial charge in [-0.25, -0.2) is 9.18 Å². The molecular weight excluding hydrogens is 183 g/mol. The molecule has 0 N–H and O–H groups in total. The number of rotatable bonds is 3. The van der Waals surface area contributed by atoms with E-state index in [4.69, 9.17) is 4.74 Å². The summed E-state index contributed by atoms with van der Waals surface area (Å²) in [6.07, 6.45) is 3.43. The number of hydrogen-bond donors (Lipinski definition) is 0. The smallest absolute Gasteiger partial charge is 0.344 e. The van der Waals surface area contributed by atoms with Crippen LogP contribution in [0.15, 0.2) is 0 Å². The van der Waals surface area contributed by atoms with Gasteiger partial charge in [-0.15, -0.1) is 0 Å². The molecule has 0 aromatic carbocycles. The van der Waals surface area contributed by atoms with Gasteiger partial charge in [-0.1, -0.05) is 12.8 Å². The second-order valence-electron chi connectivity index (χ2n) is 4.51. The highest BCUT2D eigenvalue weighted by Crippen LogP contribution is 2.37. The predicted molar refractivity (Wildman–Crippen MR) is 52.7 cm³/mol. The van der Waals surface area contributed by atoms with Crippen molar-refractivity contribution in [1.82, 2.24) is 0 Å². The van der Waals surface area contributed by atoms with Crippen LogP contribution in [0.4, 0.5) is 4.39 Å². The topological polar surface area (TPSA) is 26.3 Å². The molecular formula is C11H19FO2. The van der Waals surface area contributed by atoms with Gasteiger partial charge < -0.3 is 4.74 Å². The standard InChI is InChI=1S/C11H19FO2/c1-8(2)14-10(13)11(3,12)9-6-4-5-7-9/h8-9H,4-7H2,1-3H3. The van der Waals surface area contributed by atoms with Crippen LogP contribution in [0.3, 0.4) is 0 Å². The Bertz CT molecular complexity index is 205. The van der Waals surface area contributed by atoms with Crippen molar-refractivity contribution >= 4 is 5.97 Å². The molecule has 0 amide bonds. The van der Waals surface area contributed by atoms with E-state index in [0.29, 0.717) is 0 Å². The van der Waals surface area contributed by atoms with E-state index >= 15 is 0 Å². The number of hydrogen-bond acceptors (Lipinski definition) is 2. The fourth-order valence-corrected chi connectivity index (χ4v) is 1.96. The Hall–Kier alpha value is -0.600. The third-order valence-electron chi connectivity index (χ3n) is 2.86. The molecule has 2 nitrogen and oxygen atoms in total. The Labute approximate surface area is 84.8 Å². The van der Waals surface area contributed by atoms with Crippen molar-refractivity contribution in [2.24, 2.45) is 5.92 Å². The Morgan fingerprint density at radius 2 is 1.93 bits per heavy atom. The summed E-state index contributed by atoms with van der Waals surface area (Å²) in [4.78, 5) is 11.5. The first kappa shape index (κ1) is 11.5. The maximum absolute atomic E-state index is 14.1. The maximum Gasteiger partial charge on any atom is 0.344 e. The molecule has 1 fully saturated rings. The molecule has 1 saturated carbocycles. The van der Waals surface area contributed by atoms with Crippen LogP contribution in [0.2, 0.25) is 0 Å². The van der Waals surface area contributed by atoms with Gasteiger partial charge in [0.25, 0.3) is 0 Å². The van der Waals surface area contributed by atoms with Crippen molar-refractivity contribution in [3.8, 4) is 0 Å². The van der Waals surface area contributed by atoms with Crippen LogP contribution in [0.1, 0.15) is 46.5 Å². The zero-order valence-electron chi connectivity index (χ0n) is 9.18. The van der Waals surface area contributed by atoms with E-state index in [1.807, 2.05) is 0 Å².